The Morgan fingerprint density at radius 1 is 1.08 bits per heavy atom. The molecule has 6 rings (SSSR count). The van der Waals surface area contributed by atoms with Crippen molar-refractivity contribution >= 4 is 11.8 Å². The van der Waals surface area contributed by atoms with E-state index in [0.717, 1.165) is 50.4 Å². The van der Waals surface area contributed by atoms with Gasteiger partial charge in [-0.3, -0.25) is 0 Å². The highest BCUT2D eigenvalue weighted by atomic mass is 19.4. The first-order valence-corrected chi connectivity index (χ1v) is 12.5. The van der Waals surface area contributed by atoms with Crippen molar-refractivity contribution in [2.45, 2.75) is 75.4 Å². The Morgan fingerprint density at radius 2 is 1.81 bits per heavy atom. The number of nitrogens with zero attached hydrogens (tertiary/aromatic N) is 3. The highest BCUT2D eigenvalue weighted by molar-refractivity contribution is 5.87. The summed E-state index contributed by atoms with van der Waals surface area (Å²) >= 11 is 0. The Kier molecular flexibility index (Phi) is 5.94. The van der Waals surface area contributed by atoms with Crippen molar-refractivity contribution in [3.63, 3.8) is 0 Å². The number of rotatable bonds is 7. The highest BCUT2D eigenvalue weighted by Gasteiger charge is 2.43. The smallest absolute Gasteiger partial charge is 0.417 e. The van der Waals surface area contributed by atoms with E-state index in [1.165, 1.54) is 18.3 Å². The van der Waals surface area contributed by atoms with Gasteiger partial charge in [-0.15, -0.1) is 0 Å². The molecule has 1 aromatic carbocycles. The van der Waals surface area contributed by atoms with Crippen molar-refractivity contribution in [1.29, 1.82) is 0 Å². The molecule has 3 fully saturated rings. The van der Waals surface area contributed by atoms with Gasteiger partial charge in [-0.1, -0.05) is 23.4 Å². The summed E-state index contributed by atoms with van der Waals surface area (Å²) in [7, 11) is 0. The van der Waals surface area contributed by atoms with Crippen LogP contribution in [-0.4, -0.2) is 39.4 Å². The molecule has 2 bridgehead atoms. The Hall–Kier alpha value is -3.40. The van der Waals surface area contributed by atoms with Crippen LogP contribution in [0, 0.1) is 0 Å². The molecule has 2 aromatic heterocycles. The van der Waals surface area contributed by atoms with Crippen LogP contribution >= 0.6 is 0 Å². The lowest BCUT2D eigenvalue weighted by Gasteiger charge is -2.39. The van der Waals surface area contributed by atoms with E-state index in [4.69, 9.17) is 14.4 Å². The minimum atomic E-state index is -4.50. The number of ether oxygens (including phenoxy) is 1. The van der Waals surface area contributed by atoms with Crippen LogP contribution in [-0.2, 0) is 17.5 Å². The van der Waals surface area contributed by atoms with Gasteiger partial charge in [0.1, 0.15) is 17.3 Å². The van der Waals surface area contributed by atoms with Crippen molar-refractivity contribution in [2.24, 2.45) is 0 Å². The number of aromatic carboxylic acids is 1. The molecule has 10 heteroatoms. The minimum Gasteiger partial charge on any atom is -0.478 e. The number of fused-ring (bicyclic) bond motifs is 2. The van der Waals surface area contributed by atoms with Crippen LogP contribution in [0.1, 0.15) is 71.7 Å². The Bertz CT molecular complexity index is 1290. The molecule has 2 saturated heterocycles. The topological polar surface area (TPSA) is 88.7 Å². The number of carbonyl (C=O) groups is 1. The van der Waals surface area contributed by atoms with E-state index in [1.807, 2.05) is 0 Å². The average Bonchev–Trinajstić information content (AvgIpc) is 3.58. The second-order valence-electron chi connectivity index (χ2n) is 10.1. The first-order valence-electron chi connectivity index (χ1n) is 12.5. The van der Waals surface area contributed by atoms with Crippen LogP contribution in [0.25, 0.3) is 11.3 Å². The zero-order valence-electron chi connectivity index (χ0n) is 19.9. The number of halogens is 3. The molecule has 0 radical (unpaired) electrons. The van der Waals surface area contributed by atoms with Gasteiger partial charge in [0.15, 0.2) is 0 Å². The summed E-state index contributed by atoms with van der Waals surface area (Å²) in [5.41, 5.74) is 0.241. The molecule has 7 nitrogen and oxygen atoms in total. The van der Waals surface area contributed by atoms with Crippen molar-refractivity contribution in [3.8, 4) is 11.3 Å². The number of anilines is 1. The van der Waals surface area contributed by atoms with Gasteiger partial charge in [0.05, 0.1) is 23.8 Å². The normalized spacial score (nSPS) is 23.4. The zero-order chi connectivity index (χ0) is 25.7. The number of carboxylic acid groups (broad SMARTS) is 1. The quantitative estimate of drug-likeness (QED) is 0.412. The van der Waals surface area contributed by atoms with Crippen LogP contribution in [0.5, 0.6) is 0 Å². The molecule has 2 aliphatic heterocycles. The SMILES string of the molecule is O=C(O)c1ccc(N2[C@@H]3CC[C@H]2CC(OCc2c(-c4ccccc4C(F)(F)F)noc2C2CC2)C3)nc1. The molecular formula is C27H26F3N3O4. The first-order chi connectivity index (χ1) is 17.8. The molecular weight excluding hydrogens is 487 g/mol. The molecule has 4 heterocycles. The van der Waals surface area contributed by atoms with E-state index in [9.17, 15) is 18.0 Å². The van der Waals surface area contributed by atoms with Crippen LogP contribution in [0.2, 0.25) is 0 Å². The van der Waals surface area contributed by atoms with E-state index in [0.29, 0.717) is 11.3 Å². The van der Waals surface area contributed by atoms with E-state index < -0.39 is 17.7 Å². The van der Waals surface area contributed by atoms with Gasteiger partial charge in [0.2, 0.25) is 0 Å². The molecule has 0 amide bonds. The second-order valence-corrected chi connectivity index (χ2v) is 10.1. The van der Waals surface area contributed by atoms with Gasteiger partial charge in [0.25, 0.3) is 0 Å². The number of pyridine rings is 1. The van der Waals surface area contributed by atoms with E-state index in [1.54, 1.807) is 18.2 Å². The number of hydrogen-bond acceptors (Lipinski definition) is 6. The number of alkyl halides is 3. The summed E-state index contributed by atoms with van der Waals surface area (Å²) in [4.78, 5) is 17.8. The Morgan fingerprint density at radius 3 is 2.43 bits per heavy atom. The maximum Gasteiger partial charge on any atom is 0.417 e. The van der Waals surface area contributed by atoms with Gasteiger partial charge in [-0.2, -0.15) is 13.2 Å². The molecule has 3 aromatic rings. The maximum absolute atomic E-state index is 13.7. The van der Waals surface area contributed by atoms with E-state index in [-0.39, 0.29) is 47.5 Å². The third kappa shape index (κ3) is 4.58. The largest absolute Gasteiger partial charge is 0.478 e. The van der Waals surface area contributed by atoms with Gasteiger partial charge in [-0.05, 0) is 56.7 Å². The Balaban J connectivity index is 1.20. The Labute approximate surface area is 211 Å². The highest BCUT2D eigenvalue weighted by Crippen LogP contribution is 2.46. The van der Waals surface area contributed by atoms with Gasteiger partial charge < -0.3 is 19.3 Å². The predicted octanol–water partition coefficient (Wildman–Crippen LogP) is 6.05. The summed E-state index contributed by atoms with van der Waals surface area (Å²) in [6.45, 7) is 0.145. The summed E-state index contributed by atoms with van der Waals surface area (Å²) < 4.78 is 53.1. The minimum absolute atomic E-state index is 0.00928. The lowest BCUT2D eigenvalue weighted by molar-refractivity contribution is -0.137. The average molecular weight is 514 g/mol. The van der Waals surface area contributed by atoms with Crippen LogP contribution in [0.3, 0.4) is 0 Å². The van der Waals surface area contributed by atoms with Crippen molar-refractivity contribution in [2.75, 3.05) is 4.90 Å². The van der Waals surface area contributed by atoms with Crippen molar-refractivity contribution in [1.82, 2.24) is 10.1 Å². The third-order valence-electron chi connectivity index (χ3n) is 7.67. The second kappa shape index (κ2) is 9.16. The monoisotopic (exact) mass is 513 g/mol. The fourth-order valence-corrected chi connectivity index (χ4v) is 5.78. The van der Waals surface area contributed by atoms with Crippen molar-refractivity contribution < 1.29 is 32.3 Å². The number of carboxylic acids is 1. The number of benzene rings is 1. The summed E-state index contributed by atoms with van der Waals surface area (Å²) in [6.07, 6.45) is 2.17. The van der Waals surface area contributed by atoms with Gasteiger partial charge in [-0.25, -0.2) is 9.78 Å². The van der Waals surface area contributed by atoms with E-state index in [2.05, 4.69) is 15.0 Å². The molecule has 3 aliphatic rings. The predicted molar refractivity (Wildman–Crippen MR) is 127 cm³/mol. The fourth-order valence-electron chi connectivity index (χ4n) is 5.78. The van der Waals surface area contributed by atoms with Crippen LogP contribution < -0.4 is 4.90 Å². The number of aromatic nitrogens is 2. The fraction of sp³-hybridized carbons (Fsp3) is 0.444. The van der Waals surface area contributed by atoms with Gasteiger partial charge >= 0.3 is 12.1 Å². The lowest BCUT2D eigenvalue weighted by atomic mass is 9.98. The van der Waals surface area contributed by atoms with E-state index >= 15 is 0 Å². The molecule has 0 spiro atoms. The molecule has 1 saturated carbocycles. The summed E-state index contributed by atoms with van der Waals surface area (Å²) in [6, 6.07) is 9.18. The van der Waals surface area contributed by atoms with Crippen LogP contribution in [0.4, 0.5) is 19.0 Å². The van der Waals surface area contributed by atoms with Gasteiger partial charge in [0, 0.05) is 35.3 Å². The summed E-state index contributed by atoms with van der Waals surface area (Å²) in [5, 5.41) is 13.2. The first kappa shape index (κ1) is 24.0. The zero-order valence-corrected chi connectivity index (χ0v) is 19.9. The third-order valence-corrected chi connectivity index (χ3v) is 7.67. The molecule has 1 N–H and O–H groups in total. The molecule has 194 valence electrons. The van der Waals surface area contributed by atoms with Crippen LogP contribution in [0.15, 0.2) is 47.1 Å². The maximum atomic E-state index is 13.7. The summed E-state index contributed by atoms with van der Waals surface area (Å²) in [5.74, 6) is 0.564. The van der Waals surface area contributed by atoms with Crippen molar-refractivity contribution in [3.05, 3.63) is 65.0 Å². The lowest BCUT2D eigenvalue weighted by Crippen LogP contribution is -2.46. The number of hydrogen-bond donors (Lipinski definition) is 1. The molecule has 1 unspecified atom stereocenters. The number of piperidine rings is 1. The standard InChI is InChI=1S/C27H26F3N3O4/c28-27(29,30)22-4-2-1-3-20(22)24-21(25(37-32-24)15-5-6-15)14-36-19-11-17-8-9-18(12-19)33(17)23-10-7-16(13-31-23)26(34)35/h1-4,7,10,13,15,17-19H,5-6,8-9,11-12,14H2,(H,34,35)/t17-,18+,19?. The molecule has 37 heavy (non-hydrogen) atoms. The molecule has 3 atom stereocenters. The molecule has 1 aliphatic carbocycles.